The highest BCUT2D eigenvalue weighted by atomic mass is 16.5. The molecule has 1 unspecified atom stereocenters. The molecule has 4 nitrogen and oxygen atoms in total. The van der Waals surface area contributed by atoms with Gasteiger partial charge in [0.1, 0.15) is 0 Å². The Labute approximate surface area is 98.1 Å². The molecule has 1 atom stereocenters. The molecule has 0 radical (unpaired) electrons. The van der Waals surface area contributed by atoms with Crippen LogP contribution in [0.3, 0.4) is 0 Å². The molecule has 94 valence electrons. The van der Waals surface area contributed by atoms with E-state index in [2.05, 4.69) is 13.8 Å². The molecular formula is C12H24N2O2. The molecule has 0 bridgehead atoms. The number of nitrogens with two attached hydrogens (primary N) is 1. The van der Waals surface area contributed by atoms with Crippen molar-refractivity contribution in [2.45, 2.75) is 27.2 Å². The molecule has 1 rings (SSSR count). The summed E-state index contributed by atoms with van der Waals surface area (Å²) < 4.78 is 5.26. The largest absolute Gasteiger partial charge is 0.381 e. The van der Waals surface area contributed by atoms with Crippen LogP contribution in [0.4, 0.5) is 0 Å². The summed E-state index contributed by atoms with van der Waals surface area (Å²) in [4.78, 5) is 14.1. The van der Waals surface area contributed by atoms with Gasteiger partial charge in [0, 0.05) is 19.7 Å². The lowest BCUT2D eigenvalue weighted by atomic mass is 9.92. The van der Waals surface area contributed by atoms with Gasteiger partial charge in [-0.1, -0.05) is 13.8 Å². The van der Waals surface area contributed by atoms with Gasteiger partial charge in [0.05, 0.1) is 12.5 Å². The van der Waals surface area contributed by atoms with E-state index in [1.807, 2.05) is 11.8 Å². The number of nitrogens with zero attached hydrogens (tertiary/aromatic N) is 1. The van der Waals surface area contributed by atoms with E-state index in [9.17, 15) is 4.79 Å². The van der Waals surface area contributed by atoms with Gasteiger partial charge >= 0.3 is 0 Å². The first-order chi connectivity index (χ1) is 7.50. The third-order valence-corrected chi connectivity index (χ3v) is 3.14. The Morgan fingerprint density at radius 1 is 1.56 bits per heavy atom. The zero-order valence-corrected chi connectivity index (χ0v) is 10.7. The maximum absolute atomic E-state index is 12.2. The minimum absolute atomic E-state index is 0.00880. The normalized spacial score (nSPS) is 21.1. The fourth-order valence-electron chi connectivity index (χ4n) is 1.91. The van der Waals surface area contributed by atoms with E-state index in [1.54, 1.807) is 0 Å². The average Bonchev–Trinajstić information content (AvgIpc) is 2.78. The molecule has 0 aromatic heterocycles. The first kappa shape index (κ1) is 13.5. The first-order valence-electron chi connectivity index (χ1n) is 6.07. The predicted octanol–water partition coefficient (Wildman–Crippen LogP) is 0.856. The minimum atomic E-state index is -0.00880. The summed E-state index contributed by atoms with van der Waals surface area (Å²) in [6.07, 6.45) is 0.860. The lowest BCUT2D eigenvalue weighted by Gasteiger charge is -2.32. The van der Waals surface area contributed by atoms with Crippen molar-refractivity contribution in [2.75, 3.05) is 32.8 Å². The van der Waals surface area contributed by atoms with E-state index >= 15 is 0 Å². The number of hydrogen-bond donors (Lipinski definition) is 1. The summed E-state index contributed by atoms with van der Waals surface area (Å²) in [5.74, 6) is 0.287. The monoisotopic (exact) mass is 228 g/mol. The Morgan fingerprint density at radius 3 is 2.69 bits per heavy atom. The molecule has 2 N–H and O–H groups in total. The predicted molar refractivity (Wildman–Crippen MR) is 64.0 cm³/mol. The van der Waals surface area contributed by atoms with Gasteiger partial charge in [-0.05, 0) is 25.3 Å². The van der Waals surface area contributed by atoms with E-state index in [0.29, 0.717) is 19.8 Å². The number of rotatable bonds is 5. The van der Waals surface area contributed by atoms with Crippen molar-refractivity contribution >= 4 is 5.91 Å². The molecule has 0 aromatic carbocycles. The highest BCUT2D eigenvalue weighted by molar-refractivity contribution is 5.79. The number of hydrogen-bond acceptors (Lipinski definition) is 3. The van der Waals surface area contributed by atoms with E-state index in [0.717, 1.165) is 19.5 Å². The fraction of sp³-hybridized carbons (Fsp3) is 0.917. The fourth-order valence-corrected chi connectivity index (χ4v) is 1.91. The number of carbonyl (C=O) groups excluding carboxylic acids is 1. The van der Waals surface area contributed by atoms with Gasteiger partial charge in [-0.15, -0.1) is 0 Å². The second-order valence-corrected chi connectivity index (χ2v) is 5.28. The van der Waals surface area contributed by atoms with E-state index < -0.39 is 0 Å². The number of amides is 1. The Hall–Kier alpha value is -0.610. The van der Waals surface area contributed by atoms with Gasteiger partial charge < -0.3 is 15.4 Å². The third-order valence-electron chi connectivity index (χ3n) is 3.14. The molecule has 0 saturated carbocycles. The van der Waals surface area contributed by atoms with Crippen LogP contribution >= 0.6 is 0 Å². The molecule has 0 spiro atoms. The van der Waals surface area contributed by atoms with Crippen molar-refractivity contribution in [3.8, 4) is 0 Å². The van der Waals surface area contributed by atoms with E-state index in [1.165, 1.54) is 0 Å². The Bertz CT molecular complexity index is 235. The summed E-state index contributed by atoms with van der Waals surface area (Å²) in [6.45, 7) is 9.57. The van der Waals surface area contributed by atoms with Crippen LogP contribution in [0.15, 0.2) is 0 Å². The van der Waals surface area contributed by atoms with Gasteiger partial charge in [-0.2, -0.15) is 0 Å². The summed E-state index contributed by atoms with van der Waals surface area (Å²) in [7, 11) is 0. The number of carbonyl (C=O) groups is 1. The molecule has 1 fully saturated rings. The standard InChI is InChI=1S/C12H24N2O2/c1-4-14(9-12(2,3)8-13)11(15)10-5-6-16-7-10/h10H,4-9,13H2,1-3H3. The van der Waals surface area contributed by atoms with Gasteiger partial charge in [-0.25, -0.2) is 0 Å². The molecule has 1 aliphatic rings. The summed E-state index contributed by atoms with van der Waals surface area (Å²) in [5.41, 5.74) is 5.69. The minimum Gasteiger partial charge on any atom is -0.381 e. The number of ether oxygens (including phenoxy) is 1. The zero-order valence-electron chi connectivity index (χ0n) is 10.7. The smallest absolute Gasteiger partial charge is 0.228 e. The van der Waals surface area contributed by atoms with Crippen molar-refractivity contribution in [2.24, 2.45) is 17.1 Å². The van der Waals surface area contributed by atoms with E-state index in [-0.39, 0.29) is 17.2 Å². The molecule has 0 aromatic rings. The Morgan fingerprint density at radius 2 is 2.25 bits per heavy atom. The van der Waals surface area contributed by atoms with Crippen LogP contribution in [0.1, 0.15) is 27.2 Å². The van der Waals surface area contributed by atoms with Crippen LogP contribution in [0.25, 0.3) is 0 Å². The molecular weight excluding hydrogens is 204 g/mol. The van der Waals surface area contributed by atoms with Gasteiger partial charge in [-0.3, -0.25) is 4.79 Å². The quantitative estimate of drug-likeness (QED) is 0.759. The Balaban J connectivity index is 2.56. The first-order valence-corrected chi connectivity index (χ1v) is 6.07. The molecule has 0 aliphatic carbocycles. The highest BCUT2D eigenvalue weighted by Crippen LogP contribution is 2.20. The lowest BCUT2D eigenvalue weighted by molar-refractivity contribution is -0.136. The maximum Gasteiger partial charge on any atom is 0.228 e. The van der Waals surface area contributed by atoms with Crippen LogP contribution in [-0.4, -0.2) is 43.7 Å². The summed E-state index contributed by atoms with van der Waals surface area (Å²) in [6, 6.07) is 0. The van der Waals surface area contributed by atoms with Gasteiger partial charge in [0.15, 0.2) is 0 Å². The van der Waals surface area contributed by atoms with Crippen LogP contribution in [0.5, 0.6) is 0 Å². The zero-order chi connectivity index (χ0) is 12.2. The van der Waals surface area contributed by atoms with Crippen LogP contribution in [-0.2, 0) is 9.53 Å². The highest BCUT2D eigenvalue weighted by Gasteiger charge is 2.30. The molecule has 1 amide bonds. The van der Waals surface area contributed by atoms with Crippen molar-refractivity contribution < 1.29 is 9.53 Å². The van der Waals surface area contributed by atoms with Gasteiger partial charge in [0.2, 0.25) is 5.91 Å². The lowest BCUT2D eigenvalue weighted by Crippen LogP contribution is -2.44. The third kappa shape index (κ3) is 3.46. The molecule has 1 saturated heterocycles. The second-order valence-electron chi connectivity index (χ2n) is 5.28. The maximum atomic E-state index is 12.2. The molecule has 4 heteroatoms. The molecule has 16 heavy (non-hydrogen) atoms. The van der Waals surface area contributed by atoms with Crippen LogP contribution in [0.2, 0.25) is 0 Å². The van der Waals surface area contributed by atoms with Gasteiger partial charge in [0.25, 0.3) is 0 Å². The van der Waals surface area contributed by atoms with Crippen molar-refractivity contribution in [3.05, 3.63) is 0 Å². The van der Waals surface area contributed by atoms with Crippen molar-refractivity contribution in [3.63, 3.8) is 0 Å². The van der Waals surface area contributed by atoms with Crippen LogP contribution in [0, 0.1) is 11.3 Å². The SMILES string of the molecule is CCN(CC(C)(C)CN)C(=O)C1CCOC1. The molecule has 1 aliphatic heterocycles. The van der Waals surface area contributed by atoms with Crippen molar-refractivity contribution in [1.29, 1.82) is 0 Å². The summed E-state index contributed by atoms with van der Waals surface area (Å²) >= 11 is 0. The average molecular weight is 228 g/mol. The van der Waals surface area contributed by atoms with Crippen molar-refractivity contribution in [1.82, 2.24) is 4.90 Å². The Kier molecular flexibility index (Phi) is 4.74. The summed E-state index contributed by atoms with van der Waals surface area (Å²) in [5, 5.41) is 0. The topological polar surface area (TPSA) is 55.6 Å². The van der Waals surface area contributed by atoms with Crippen LogP contribution < -0.4 is 5.73 Å². The second kappa shape index (κ2) is 5.64. The molecule has 1 heterocycles. The van der Waals surface area contributed by atoms with E-state index in [4.69, 9.17) is 10.5 Å².